The lowest BCUT2D eigenvalue weighted by atomic mass is 9.67. The summed E-state index contributed by atoms with van der Waals surface area (Å²) in [5.74, 6) is 0. The highest BCUT2D eigenvalue weighted by Crippen LogP contribution is 2.59. The second kappa shape index (κ2) is 19.7. The van der Waals surface area contributed by atoms with Crippen LogP contribution in [0.15, 0.2) is 279 Å². The van der Waals surface area contributed by atoms with Crippen LogP contribution in [0.5, 0.6) is 0 Å². The van der Waals surface area contributed by atoms with Crippen molar-refractivity contribution in [2.45, 2.75) is 52.4 Å². The number of hydrogen-bond acceptors (Lipinski definition) is 2. The molecule has 14 aromatic carbocycles. The fourth-order valence-corrected chi connectivity index (χ4v) is 15.8. The third-order valence-electron chi connectivity index (χ3n) is 19.3. The molecule has 2 aliphatic rings. The van der Waals surface area contributed by atoms with Crippen molar-refractivity contribution in [1.82, 2.24) is 0 Å². The maximum atomic E-state index is 2.57. The Morgan fingerprint density at radius 1 is 0.256 bits per heavy atom. The van der Waals surface area contributed by atoms with E-state index in [0.717, 1.165) is 22.7 Å². The minimum Gasteiger partial charge on any atom is -0.309 e. The smallest absolute Gasteiger partial charge is 0.0714 e. The van der Waals surface area contributed by atoms with Gasteiger partial charge in [-0.2, -0.15) is 0 Å². The van der Waals surface area contributed by atoms with Crippen LogP contribution in [-0.4, -0.2) is 0 Å². The summed E-state index contributed by atoms with van der Waals surface area (Å²) in [6, 6.07) is 106. The molecular formula is C84H64N2. The number of nitrogens with zero attached hydrogens (tertiary/aromatic N) is 2. The maximum absolute atomic E-state index is 2.57. The van der Waals surface area contributed by atoms with E-state index in [1.54, 1.807) is 0 Å². The van der Waals surface area contributed by atoms with Crippen molar-refractivity contribution in [2.75, 3.05) is 9.80 Å². The number of benzene rings is 14. The van der Waals surface area contributed by atoms with Crippen molar-refractivity contribution < 1.29 is 0 Å². The van der Waals surface area contributed by atoms with E-state index in [1.165, 1.54) is 144 Å². The van der Waals surface area contributed by atoms with Crippen LogP contribution in [0, 0.1) is 41.5 Å². The molecule has 0 atom stereocenters. The summed E-state index contributed by atoms with van der Waals surface area (Å²) in [5.41, 5.74) is 28.5. The number of rotatable bonds is 10. The summed E-state index contributed by atoms with van der Waals surface area (Å²) >= 11 is 0. The molecule has 0 saturated carbocycles. The summed E-state index contributed by atoms with van der Waals surface area (Å²) in [5, 5.41) is 7.35. The molecule has 0 saturated heterocycles. The predicted octanol–water partition coefficient (Wildman–Crippen LogP) is 22.1. The first kappa shape index (κ1) is 51.4. The van der Waals surface area contributed by atoms with E-state index in [0.29, 0.717) is 0 Å². The number of anilines is 6. The molecule has 0 unspecified atom stereocenters. The Kier molecular flexibility index (Phi) is 11.7. The quantitative estimate of drug-likeness (QED) is 0.126. The Morgan fingerprint density at radius 3 is 0.907 bits per heavy atom. The molecule has 2 aliphatic carbocycles. The summed E-state index contributed by atoms with van der Waals surface area (Å²) in [6.07, 6.45) is 0. The van der Waals surface area contributed by atoms with E-state index >= 15 is 0 Å². The number of aryl methyl sites for hydroxylation is 6. The van der Waals surface area contributed by atoms with E-state index in [-0.39, 0.29) is 0 Å². The Hall–Kier alpha value is -10.3. The van der Waals surface area contributed by atoms with E-state index in [1.807, 2.05) is 0 Å². The zero-order valence-corrected chi connectivity index (χ0v) is 49.5. The van der Waals surface area contributed by atoms with Gasteiger partial charge in [0.15, 0.2) is 0 Å². The van der Waals surface area contributed by atoms with E-state index in [4.69, 9.17) is 0 Å². The Labute approximate surface area is 504 Å². The molecule has 410 valence electrons. The first-order chi connectivity index (χ1) is 42.1. The molecule has 86 heavy (non-hydrogen) atoms. The molecule has 0 heterocycles. The van der Waals surface area contributed by atoms with Gasteiger partial charge in [0.1, 0.15) is 0 Å². The van der Waals surface area contributed by atoms with Crippen molar-refractivity contribution in [1.29, 1.82) is 0 Å². The first-order valence-electron chi connectivity index (χ1n) is 30.3. The van der Waals surface area contributed by atoms with Crippen LogP contribution in [0.2, 0.25) is 0 Å². The highest BCUT2D eigenvalue weighted by molar-refractivity contribution is 6.28. The molecule has 0 aliphatic heterocycles. The van der Waals surface area contributed by atoms with Crippen LogP contribution in [0.4, 0.5) is 34.1 Å². The zero-order valence-electron chi connectivity index (χ0n) is 49.5. The second-order valence-electron chi connectivity index (χ2n) is 24.3. The minimum absolute atomic E-state index is 0.561. The van der Waals surface area contributed by atoms with Gasteiger partial charge >= 0.3 is 0 Å². The van der Waals surface area contributed by atoms with Crippen molar-refractivity contribution in [2.24, 2.45) is 0 Å². The summed E-state index contributed by atoms with van der Waals surface area (Å²) in [6.45, 7) is 13.5. The SMILES string of the molecule is Cc1cccc(C2(c3cccc(N(c4c(C)cccc4C)c4ccc5ccc6c(N(c7cccc(C8(c9cccc(C)c9)c9ccccc9-c9ccccc98)c7)c7c(C)cccc7C)ccc7ccc4c5c76)c3)c3ccccc3-c3ccccc32)c1. The monoisotopic (exact) mass is 1100 g/mol. The van der Waals surface area contributed by atoms with Crippen molar-refractivity contribution in [3.05, 3.63) is 357 Å². The maximum Gasteiger partial charge on any atom is 0.0714 e. The summed E-state index contributed by atoms with van der Waals surface area (Å²) in [4.78, 5) is 5.13. The predicted molar refractivity (Wildman–Crippen MR) is 363 cm³/mol. The van der Waals surface area contributed by atoms with Crippen LogP contribution in [0.25, 0.3) is 54.6 Å². The molecule has 0 spiro atoms. The van der Waals surface area contributed by atoms with Gasteiger partial charge in [0, 0.05) is 22.1 Å². The van der Waals surface area contributed by atoms with Crippen molar-refractivity contribution in [3.63, 3.8) is 0 Å². The Bertz CT molecular complexity index is 4610. The van der Waals surface area contributed by atoms with Crippen LogP contribution in [0.3, 0.4) is 0 Å². The molecule has 0 aromatic heterocycles. The van der Waals surface area contributed by atoms with Crippen molar-refractivity contribution >= 4 is 66.4 Å². The highest BCUT2D eigenvalue weighted by atomic mass is 15.2. The summed E-state index contributed by atoms with van der Waals surface area (Å²) < 4.78 is 0. The topological polar surface area (TPSA) is 6.48 Å². The zero-order chi connectivity index (χ0) is 58.0. The number of fused-ring (bicyclic) bond motifs is 6. The van der Waals surface area contributed by atoms with Gasteiger partial charge in [0.25, 0.3) is 0 Å². The molecule has 0 amide bonds. The highest BCUT2D eigenvalue weighted by Gasteiger charge is 2.48. The number of para-hydroxylation sites is 2. The fraction of sp³-hybridized carbons (Fsp3) is 0.0952. The number of hydrogen-bond donors (Lipinski definition) is 0. The molecule has 16 rings (SSSR count). The minimum atomic E-state index is -0.561. The van der Waals surface area contributed by atoms with Gasteiger partial charge in [0.2, 0.25) is 0 Å². The van der Waals surface area contributed by atoms with Gasteiger partial charge < -0.3 is 9.80 Å². The molecular weight excluding hydrogens is 1040 g/mol. The summed E-state index contributed by atoms with van der Waals surface area (Å²) in [7, 11) is 0. The van der Waals surface area contributed by atoms with Gasteiger partial charge in [-0.15, -0.1) is 0 Å². The Balaban J connectivity index is 0.928. The van der Waals surface area contributed by atoms with E-state index in [2.05, 4.69) is 330 Å². The van der Waals surface area contributed by atoms with Gasteiger partial charge in [-0.1, -0.05) is 254 Å². The van der Waals surface area contributed by atoms with Gasteiger partial charge in [-0.25, -0.2) is 0 Å². The van der Waals surface area contributed by atoms with Crippen LogP contribution < -0.4 is 9.80 Å². The average molecular weight is 1100 g/mol. The molecule has 0 bridgehead atoms. The van der Waals surface area contributed by atoms with E-state index < -0.39 is 10.8 Å². The molecule has 0 radical (unpaired) electrons. The first-order valence-corrected chi connectivity index (χ1v) is 30.3. The second-order valence-corrected chi connectivity index (χ2v) is 24.3. The largest absolute Gasteiger partial charge is 0.309 e. The third kappa shape index (κ3) is 7.39. The van der Waals surface area contributed by atoms with E-state index in [9.17, 15) is 0 Å². The van der Waals surface area contributed by atoms with Crippen LogP contribution >= 0.6 is 0 Å². The average Bonchev–Trinajstić information content (AvgIpc) is 1.50. The molecule has 0 N–H and O–H groups in total. The lowest BCUT2D eigenvalue weighted by Gasteiger charge is -2.36. The van der Waals surface area contributed by atoms with Crippen LogP contribution in [-0.2, 0) is 10.8 Å². The fourth-order valence-electron chi connectivity index (χ4n) is 15.8. The van der Waals surface area contributed by atoms with Crippen molar-refractivity contribution in [3.8, 4) is 22.3 Å². The molecule has 14 aromatic rings. The standard InChI is InChI=1S/C84H64N2/c1-53-21-15-27-61(49-53)83(73-37-11-7-33-67(73)68-34-8-12-38-74(68)83)63-29-19-31-65(51-63)85(81-55(3)23-17-24-56(81)4)77-47-43-59-42-46-72-78(48-44-60-41-45-71(77)79(59)80(60)72)86(82-57(5)25-18-26-58(82)6)66-32-20-30-64(52-66)84(62-28-16-22-54(2)50-62)75-39-13-9-35-69(75)70-36-10-14-40-76(70)84/h7-52H,1-6H3. The molecule has 2 heteroatoms. The van der Waals surface area contributed by atoms with Gasteiger partial charge in [-0.05, 0) is 189 Å². The Morgan fingerprint density at radius 2 is 0.558 bits per heavy atom. The normalized spacial score (nSPS) is 13.4. The van der Waals surface area contributed by atoms with Crippen LogP contribution in [0.1, 0.15) is 77.9 Å². The molecule has 2 nitrogen and oxygen atoms in total. The lowest BCUT2D eigenvalue weighted by Crippen LogP contribution is -2.29. The lowest BCUT2D eigenvalue weighted by molar-refractivity contribution is 0.767. The molecule has 0 fully saturated rings. The van der Waals surface area contributed by atoms with Gasteiger partial charge in [-0.3, -0.25) is 0 Å². The van der Waals surface area contributed by atoms with Gasteiger partial charge in [0.05, 0.1) is 33.6 Å². The third-order valence-corrected chi connectivity index (χ3v) is 19.3.